The molecule has 2 fully saturated rings. The molecule has 10 nitrogen and oxygen atoms in total. The number of halogens is 2. The van der Waals surface area contributed by atoms with Crippen LogP contribution in [0, 0.1) is 11.8 Å². The summed E-state index contributed by atoms with van der Waals surface area (Å²) in [4.78, 5) is 69.9. The van der Waals surface area contributed by atoms with Crippen LogP contribution >= 0.6 is 23.2 Å². The van der Waals surface area contributed by atoms with Crippen molar-refractivity contribution in [3.05, 3.63) is 62.6 Å². The first-order valence-corrected chi connectivity index (χ1v) is 15.7. The molecule has 232 valence electrons. The van der Waals surface area contributed by atoms with E-state index in [4.69, 9.17) is 27.9 Å². The van der Waals surface area contributed by atoms with Crippen LogP contribution in [0.1, 0.15) is 76.9 Å². The number of amides is 4. The second-order valence-electron chi connectivity index (χ2n) is 12.0. The van der Waals surface area contributed by atoms with E-state index >= 15 is 0 Å². The van der Waals surface area contributed by atoms with Crippen molar-refractivity contribution < 1.29 is 33.8 Å². The molecule has 3 aliphatic heterocycles. The molecule has 2 aromatic carbocycles. The Morgan fingerprint density at radius 3 is 2.23 bits per heavy atom. The molecule has 44 heavy (non-hydrogen) atoms. The van der Waals surface area contributed by atoms with E-state index in [1.54, 1.807) is 40.1 Å². The minimum Gasteiger partial charge on any atom is -0.487 e. The largest absolute Gasteiger partial charge is 0.487 e. The van der Waals surface area contributed by atoms with Crippen LogP contribution in [0.2, 0.25) is 10.0 Å². The van der Waals surface area contributed by atoms with Gasteiger partial charge in [0, 0.05) is 37.0 Å². The van der Waals surface area contributed by atoms with Gasteiger partial charge in [-0.3, -0.25) is 28.9 Å². The number of nitrogens with zero attached hydrogens (tertiary/aromatic N) is 3. The second kappa shape index (κ2) is 12.0. The number of hydrogen-bond donors (Lipinski definition) is 1. The molecule has 0 bridgehead atoms. The molecule has 4 aliphatic rings. The summed E-state index contributed by atoms with van der Waals surface area (Å²) in [6.45, 7) is 2.40. The van der Waals surface area contributed by atoms with E-state index < -0.39 is 35.7 Å². The van der Waals surface area contributed by atoms with Gasteiger partial charge in [0.1, 0.15) is 11.9 Å². The fraction of sp³-hybridized carbons (Fsp3) is 0.469. The monoisotopic (exact) mass is 641 g/mol. The van der Waals surface area contributed by atoms with E-state index in [2.05, 4.69) is 0 Å². The minimum absolute atomic E-state index is 0.0685. The lowest BCUT2D eigenvalue weighted by Gasteiger charge is -2.43. The summed E-state index contributed by atoms with van der Waals surface area (Å²) in [6.07, 6.45) is 2.84. The van der Waals surface area contributed by atoms with Gasteiger partial charge in [-0.05, 0) is 43.0 Å². The predicted octanol–water partition coefficient (Wildman–Crippen LogP) is 4.61. The molecular formula is C32H33Cl2N3O7. The summed E-state index contributed by atoms with van der Waals surface area (Å²) < 4.78 is 6.48. The maximum atomic E-state index is 14.3. The molecule has 1 N–H and O–H groups in total. The molecule has 4 amide bonds. The highest BCUT2D eigenvalue weighted by Gasteiger charge is 2.46. The summed E-state index contributed by atoms with van der Waals surface area (Å²) >= 11 is 13.5. The SMILES string of the molecule is CC(=O)N1CC[C@H](Oc2c(Cl)cc(Cl)c3c2[C@@H](CN2C(=O)c4ccccc4C2=O)N(C(=O)C2CCCC[C@H]2C(=O)O)CC3)C1. The van der Waals surface area contributed by atoms with Gasteiger partial charge in [-0.2, -0.15) is 0 Å². The van der Waals surface area contributed by atoms with Crippen molar-refractivity contribution in [2.45, 2.75) is 57.6 Å². The third-order valence-corrected chi connectivity index (χ3v) is 10.1. The Kier molecular flexibility index (Phi) is 8.32. The summed E-state index contributed by atoms with van der Waals surface area (Å²) in [5, 5.41) is 10.5. The Morgan fingerprint density at radius 2 is 1.61 bits per heavy atom. The molecule has 1 saturated heterocycles. The van der Waals surface area contributed by atoms with Gasteiger partial charge in [-0.25, -0.2) is 0 Å². The molecule has 3 heterocycles. The van der Waals surface area contributed by atoms with E-state index in [1.165, 1.54) is 6.92 Å². The zero-order chi connectivity index (χ0) is 31.3. The van der Waals surface area contributed by atoms with Gasteiger partial charge in [-0.1, -0.05) is 48.2 Å². The standard InChI is InChI=1S/C32H33Cl2N3O7/c1-17(38)35-12-10-18(15-35)44-28-25(34)14-24(33)23-11-13-36(29(39)21-8-4-5-9-22(21)32(42)43)26(27(23)28)16-37-30(40)19-6-2-3-7-20(19)31(37)41/h2-3,6-7,14,18,21-22,26H,4-5,8-13,15-16H2,1H3,(H,42,43)/t18-,21?,22+,26+/m0/s1. The predicted molar refractivity (Wildman–Crippen MR) is 161 cm³/mol. The average molecular weight is 643 g/mol. The second-order valence-corrected chi connectivity index (χ2v) is 12.8. The molecule has 0 radical (unpaired) electrons. The van der Waals surface area contributed by atoms with Crippen LogP contribution in [0.3, 0.4) is 0 Å². The molecule has 1 saturated carbocycles. The maximum Gasteiger partial charge on any atom is 0.307 e. The van der Waals surface area contributed by atoms with Crippen LogP contribution in [0.4, 0.5) is 0 Å². The van der Waals surface area contributed by atoms with Gasteiger partial charge in [-0.15, -0.1) is 0 Å². The van der Waals surface area contributed by atoms with Crippen LogP contribution in [0.15, 0.2) is 30.3 Å². The number of fused-ring (bicyclic) bond motifs is 2. The quantitative estimate of drug-likeness (QED) is 0.457. The van der Waals surface area contributed by atoms with Gasteiger partial charge >= 0.3 is 5.97 Å². The summed E-state index contributed by atoms with van der Waals surface area (Å²) in [7, 11) is 0. The maximum absolute atomic E-state index is 14.3. The lowest BCUT2D eigenvalue weighted by Crippen LogP contribution is -2.50. The van der Waals surface area contributed by atoms with Gasteiger partial charge < -0.3 is 19.6 Å². The Labute approximate surface area is 264 Å². The summed E-state index contributed by atoms with van der Waals surface area (Å²) in [5.41, 5.74) is 1.75. The van der Waals surface area contributed by atoms with Crippen molar-refractivity contribution in [3.8, 4) is 5.75 Å². The van der Waals surface area contributed by atoms with Crippen LogP contribution in [-0.2, 0) is 20.8 Å². The van der Waals surface area contributed by atoms with Gasteiger partial charge in [0.25, 0.3) is 11.8 Å². The Bertz CT molecular complexity index is 1530. The highest BCUT2D eigenvalue weighted by atomic mass is 35.5. The smallest absolute Gasteiger partial charge is 0.307 e. The van der Waals surface area contributed by atoms with Crippen LogP contribution in [-0.4, -0.2) is 81.7 Å². The van der Waals surface area contributed by atoms with Crippen molar-refractivity contribution in [2.75, 3.05) is 26.2 Å². The topological polar surface area (TPSA) is 125 Å². The number of carbonyl (C=O) groups excluding carboxylic acids is 4. The van der Waals surface area contributed by atoms with Crippen LogP contribution in [0.5, 0.6) is 5.75 Å². The number of likely N-dealkylation sites (tertiary alicyclic amines) is 1. The van der Waals surface area contributed by atoms with Crippen molar-refractivity contribution in [3.63, 3.8) is 0 Å². The Balaban J connectivity index is 1.43. The van der Waals surface area contributed by atoms with Crippen molar-refractivity contribution in [1.82, 2.24) is 14.7 Å². The first kappa shape index (κ1) is 30.4. The molecule has 1 aliphatic carbocycles. The highest BCUT2D eigenvalue weighted by molar-refractivity contribution is 6.36. The number of imide groups is 1. The first-order valence-electron chi connectivity index (χ1n) is 15.0. The van der Waals surface area contributed by atoms with E-state index in [-0.39, 0.29) is 47.2 Å². The van der Waals surface area contributed by atoms with E-state index in [0.29, 0.717) is 60.7 Å². The number of carboxylic acids is 1. The van der Waals surface area contributed by atoms with E-state index in [1.807, 2.05) is 0 Å². The Hall–Kier alpha value is -3.63. The molecule has 0 spiro atoms. The highest BCUT2D eigenvalue weighted by Crippen LogP contribution is 2.47. The fourth-order valence-electron chi connectivity index (χ4n) is 7.17. The zero-order valence-electron chi connectivity index (χ0n) is 24.3. The van der Waals surface area contributed by atoms with Crippen molar-refractivity contribution >= 4 is 52.8 Å². The molecule has 0 aromatic heterocycles. The number of aliphatic carboxylic acids is 1. The van der Waals surface area contributed by atoms with Crippen LogP contribution in [0.25, 0.3) is 0 Å². The normalized spacial score (nSPS) is 24.8. The van der Waals surface area contributed by atoms with Gasteiger partial charge in [0.2, 0.25) is 11.8 Å². The molecule has 1 unspecified atom stereocenters. The lowest BCUT2D eigenvalue weighted by atomic mass is 9.77. The minimum atomic E-state index is -1.01. The number of rotatable bonds is 6. The summed E-state index contributed by atoms with van der Waals surface area (Å²) in [5.74, 6) is -3.65. The van der Waals surface area contributed by atoms with E-state index in [0.717, 1.165) is 17.7 Å². The third kappa shape index (κ3) is 5.32. The molecular weight excluding hydrogens is 609 g/mol. The van der Waals surface area contributed by atoms with Gasteiger partial charge in [0.05, 0.1) is 47.1 Å². The average Bonchev–Trinajstić information content (AvgIpc) is 3.58. The molecule has 4 atom stereocenters. The lowest BCUT2D eigenvalue weighted by molar-refractivity contribution is -0.153. The fourth-order valence-corrected chi connectivity index (χ4v) is 7.79. The Morgan fingerprint density at radius 1 is 0.955 bits per heavy atom. The number of benzene rings is 2. The van der Waals surface area contributed by atoms with Crippen molar-refractivity contribution in [2.24, 2.45) is 11.8 Å². The van der Waals surface area contributed by atoms with Crippen molar-refractivity contribution in [1.29, 1.82) is 0 Å². The molecule has 2 aromatic rings. The summed E-state index contributed by atoms with van der Waals surface area (Å²) in [6, 6.07) is 7.26. The number of carboxylic acid groups (broad SMARTS) is 1. The number of ether oxygens (including phenoxy) is 1. The number of hydrogen-bond acceptors (Lipinski definition) is 6. The van der Waals surface area contributed by atoms with Crippen LogP contribution < -0.4 is 4.74 Å². The molecule has 12 heteroatoms. The van der Waals surface area contributed by atoms with E-state index in [9.17, 15) is 29.1 Å². The van der Waals surface area contributed by atoms with Gasteiger partial charge in [0.15, 0.2) is 0 Å². The third-order valence-electron chi connectivity index (χ3n) is 9.43. The molecule has 6 rings (SSSR count). The zero-order valence-corrected chi connectivity index (χ0v) is 25.8. The first-order chi connectivity index (χ1) is 21.1. The number of carbonyl (C=O) groups is 5.